The van der Waals surface area contributed by atoms with Crippen molar-refractivity contribution in [2.75, 3.05) is 0 Å². The maximum atomic E-state index is 13.6. The Labute approximate surface area is 197 Å². The number of carboxylic acids is 1. The van der Waals surface area contributed by atoms with Gasteiger partial charge in [-0.2, -0.15) is 0 Å². The van der Waals surface area contributed by atoms with Gasteiger partial charge in [-0.15, -0.1) is 0 Å². The zero-order chi connectivity index (χ0) is 24.1. The summed E-state index contributed by atoms with van der Waals surface area (Å²) in [6.45, 7) is 1.39. The van der Waals surface area contributed by atoms with Crippen LogP contribution in [-0.4, -0.2) is 33.6 Å². The Kier molecular flexibility index (Phi) is 6.63. The Hall–Kier alpha value is -4.13. The molecule has 1 heterocycles. The van der Waals surface area contributed by atoms with Gasteiger partial charge in [-0.05, 0) is 23.6 Å². The van der Waals surface area contributed by atoms with Crippen LogP contribution >= 0.6 is 0 Å². The molecule has 0 saturated carbocycles. The van der Waals surface area contributed by atoms with E-state index in [1.165, 1.54) is 11.8 Å². The third kappa shape index (κ3) is 4.64. The van der Waals surface area contributed by atoms with E-state index in [0.29, 0.717) is 11.1 Å². The molecule has 4 rings (SSSR count). The first-order valence-electron chi connectivity index (χ1n) is 10.9. The van der Waals surface area contributed by atoms with Crippen LogP contribution < -0.4 is 0 Å². The van der Waals surface area contributed by atoms with Crippen molar-refractivity contribution in [3.63, 3.8) is 0 Å². The number of carboxylic acid groups (broad SMARTS) is 1. The van der Waals surface area contributed by atoms with E-state index in [4.69, 9.17) is 9.47 Å². The van der Waals surface area contributed by atoms with Crippen molar-refractivity contribution in [2.45, 2.75) is 37.6 Å². The summed E-state index contributed by atoms with van der Waals surface area (Å²) < 4.78 is 11.5. The SMILES string of the molecule is CC1(CC(=O)O)C(=O)OC(c2ccccc2)C(c2ccccc2)N1C(=O)OCc1ccccc1. The molecule has 0 aromatic heterocycles. The van der Waals surface area contributed by atoms with Crippen molar-refractivity contribution in [1.82, 2.24) is 4.90 Å². The lowest BCUT2D eigenvalue weighted by molar-refractivity contribution is -0.188. The highest BCUT2D eigenvalue weighted by Crippen LogP contribution is 2.47. The van der Waals surface area contributed by atoms with E-state index in [-0.39, 0.29) is 6.61 Å². The van der Waals surface area contributed by atoms with E-state index in [0.717, 1.165) is 5.56 Å². The molecule has 1 fully saturated rings. The standard InChI is InChI=1S/C27H25NO6/c1-27(17-22(29)30)25(31)34-24(21-15-9-4-10-16-21)23(20-13-7-3-8-14-20)28(27)26(32)33-18-19-11-5-2-6-12-19/h2-16,23-24H,17-18H2,1H3,(H,29,30). The van der Waals surface area contributed by atoms with E-state index < -0.39 is 42.1 Å². The molecule has 0 aliphatic carbocycles. The molecule has 3 unspecified atom stereocenters. The Morgan fingerprint density at radius 3 is 2.00 bits per heavy atom. The van der Waals surface area contributed by atoms with E-state index in [1.54, 1.807) is 12.1 Å². The minimum Gasteiger partial charge on any atom is -0.481 e. The van der Waals surface area contributed by atoms with E-state index >= 15 is 0 Å². The van der Waals surface area contributed by atoms with E-state index in [2.05, 4.69) is 0 Å². The summed E-state index contributed by atoms with van der Waals surface area (Å²) in [6, 6.07) is 26.5. The number of benzene rings is 3. The normalized spacial score (nSPS) is 22.0. The van der Waals surface area contributed by atoms with Gasteiger partial charge in [0.05, 0.1) is 6.42 Å². The average molecular weight is 459 g/mol. The molecule has 7 nitrogen and oxygen atoms in total. The van der Waals surface area contributed by atoms with Crippen LogP contribution in [0, 0.1) is 0 Å². The Bertz CT molecular complexity index is 1150. The van der Waals surface area contributed by atoms with Gasteiger partial charge in [-0.3, -0.25) is 9.69 Å². The van der Waals surface area contributed by atoms with Crippen LogP contribution in [0.3, 0.4) is 0 Å². The fraction of sp³-hybridized carbons (Fsp3) is 0.222. The molecular formula is C27H25NO6. The van der Waals surface area contributed by atoms with Crippen molar-refractivity contribution in [1.29, 1.82) is 0 Å². The molecule has 1 aliphatic rings. The number of amides is 1. The number of cyclic esters (lactones) is 1. The lowest BCUT2D eigenvalue weighted by atomic mass is 9.85. The quantitative estimate of drug-likeness (QED) is 0.527. The predicted octanol–water partition coefficient (Wildman–Crippen LogP) is 4.90. The first-order chi connectivity index (χ1) is 16.4. The topological polar surface area (TPSA) is 93.1 Å². The molecule has 174 valence electrons. The number of ether oxygens (including phenoxy) is 2. The first-order valence-corrected chi connectivity index (χ1v) is 10.9. The van der Waals surface area contributed by atoms with Crippen LogP contribution in [-0.2, 0) is 25.7 Å². The number of rotatable bonds is 6. The monoisotopic (exact) mass is 459 g/mol. The largest absolute Gasteiger partial charge is 0.481 e. The second kappa shape index (κ2) is 9.79. The summed E-state index contributed by atoms with van der Waals surface area (Å²) >= 11 is 0. The minimum absolute atomic E-state index is 0.0219. The van der Waals surface area contributed by atoms with Gasteiger partial charge in [-0.1, -0.05) is 91.0 Å². The minimum atomic E-state index is -1.77. The molecule has 1 N–H and O–H groups in total. The maximum absolute atomic E-state index is 13.6. The number of carbonyl (C=O) groups excluding carboxylic acids is 2. The Balaban J connectivity index is 1.80. The van der Waals surface area contributed by atoms with Crippen LogP contribution in [0.5, 0.6) is 0 Å². The summed E-state index contributed by atoms with van der Waals surface area (Å²) in [5.74, 6) is -2.03. The summed E-state index contributed by atoms with van der Waals surface area (Å²) in [6.07, 6.45) is -2.27. The summed E-state index contributed by atoms with van der Waals surface area (Å²) in [5.41, 5.74) is 0.372. The highest BCUT2D eigenvalue weighted by atomic mass is 16.6. The Morgan fingerprint density at radius 2 is 1.44 bits per heavy atom. The van der Waals surface area contributed by atoms with Crippen LogP contribution in [0.2, 0.25) is 0 Å². The first kappa shape index (κ1) is 23.0. The van der Waals surface area contributed by atoms with Gasteiger partial charge in [0.25, 0.3) is 0 Å². The number of hydrogen-bond donors (Lipinski definition) is 1. The number of aliphatic carboxylic acids is 1. The molecule has 3 aromatic carbocycles. The third-order valence-corrected chi connectivity index (χ3v) is 5.94. The molecule has 1 amide bonds. The van der Waals surface area contributed by atoms with Crippen molar-refractivity contribution < 1.29 is 29.0 Å². The zero-order valence-electron chi connectivity index (χ0n) is 18.7. The molecule has 3 atom stereocenters. The van der Waals surface area contributed by atoms with Gasteiger partial charge in [0.2, 0.25) is 0 Å². The average Bonchev–Trinajstić information content (AvgIpc) is 2.85. The van der Waals surface area contributed by atoms with E-state index in [1.807, 2.05) is 78.9 Å². The van der Waals surface area contributed by atoms with E-state index in [9.17, 15) is 19.5 Å². The van der Waals surface area contributed by atoms with Gasteiger partial charge < -0.3 is 14.6 Å². The van der Waals surface area contributed by atoms with Gasteiger partial charge in [0, 0.05) is 0 Å². The third-order valence-electron chi connectivity index (χ3n) is 5.94. The molecule has 1 saturated heterocycles. The number of nitrogens with zero attached hydrogens (tertiary/aromatic N) is 1. The Morgan fingerprint density at radius 1 is 0.912 bits per heavy atom. The lowest BCUT2D eigenvalue weighted by Crippen LogP contribution is -2.62. The number of hydrogen-bond acceptors (Lipinski definition) is 5. The molecule has 1 aliphatic heterocycles. The number of carbonyl (C=O) groups is 3. The van der Waals surface area contributed by atoms with Crippen molar-refractivity contribution in [3.8, 4) is 0 Å². The van der Waals surface area contributed by atoms with Gasteiger partial charge >= 0.3 is 18.0 Å². The second-order valence-electron chi connectivity index (χ2n) is 8.35. The molecule has 0 radical (unpaired) electrons. The van der Waals surface area contributed by atoms with Crippen LogP contribution in [0.15, 0.2) is 91.0 Å². The second-order valence-corrected chi connectivity index (χ2v) is 8.35. The van der Waals surface area contributed by atoms with Crippen LogP contribution in [0.1, 0.15) is 42.2 Å². The molecule has 7 heteroatoms. The fourth-order valence-electron chi connectivity index (χ4n) is 4.27. The van der Waals surface area contributed by atoms with Crippen LogP contribution in [0.25, 0.3) is 0 Å². The van der Waals surface area contributed by atoms with Gasteiger partial charge in [-0.25, -0.2) is 9.59 Å². The molecule has 3 aromatic rings. The van der Waals surface area contributed by atoms with Crippen molar-refractivity contribution in [3.05, 3.63) is 108 Å². The molecule has 0 bridgehead atoms. The zero-order valence-corrected chi connectivity index (χ0v) is 18.7. The van der Waals surface area contributed by atoms with Crippen LogP contribution in [0.4, 0.5) is 4.79 Å². The van der Waals surface area contributed by atoms with Crippen molar-refractivity contribution in [2.24, 2.45) is 0 Å². The molecule has 0 spiro atoms. The summed E-state index contributed by atoms with van der Waals surface area (Å²) in [5, 5.41) is 9.61. The summed E-state index contributed by atoms with van der Waals surface area (Å²) in [4.78, 5) is 39.9. The van der Waals surface area contributed by atoms with Crippen molar-refractivity contribution >= 4 is 18.0 Å². The predicted molar refractivity (Wildman–Crippen MR) is 124 cm³/mol. The highest BCUT2D eigenvalue weighted by Gasteiger charge is 2.56. The highest BCUT2D eigenvalue weighted by molar-refractivity contribution is 5.91. The summed E-state index contributed by atoms with van der Waals surface area (Å²) in [7, 11) is 0. The van der Waals surface area contributed by atoms with Gasteiger partial charge in [0.15, 0.2) is 11.6 Å². The smallest absolute Gasteiger partial charge is 0.411 e. The number of morpholine rings is 1. The fourth-order valence-corrected chi connectivity index (χ4v) is 4.27. The maximum Gasteiger partial charge on any atom is 0.411 e. The molecular weight excluding hydrogens is 434 g/mol. The lowest BCUT2D eigenvalue weighted by Gasteiger charge is -2.49. The molecule has 34 heavy (non-hydrogen) atoms. The van der Waals surface area contributed by atoms with Gasteiger partial charge in [0.1, 0.15) is 12.6 Å². The number of esters is 1.